The van der Waals surface area contributed by atoms with Crippen LogP contribution in [0.1, 0.15) is 0 Å². The van der Waals surface area contributed by atoms with Gasteiger partial charge < -0.3 is 10.3 Å². The highest BCUT2D eigenvalue weighted by Crippen LogP contribution is 2.36. The Balaban J connectivity index is 2.57. The van der Waals surface area contributed by atoms with Crippen LogP contribution in [0.4, 0.5) is 5.82 Å². The lowest BCUT2D eigenvalue weighted by Crippen LogP contribution is -2.00. The Bertz CT molecular complexity index is 541. The lowest BCUT2D eigenvalue weighted by atomic mass is 10.1. The summed E-state index contributed by atoms with van der Waals surface area (Å²) in [5.74, 6) is 0.528. The lowest BCUT2D eigenvalue weighted by Gasteiger charge is -2.06. The number of rotatable bonds is 3. The normalized spacial score (nSPS) is 10.5. The molecule has 0 radical (unpaired) electrons. The summed E-state index contributed by atoms with van der Waals surface area (Å²) in [7, 11) is 0. The quantitative estimate of drug-likeness (QED) is 0.864. The van der Waals surface area contributed by atoms with Crippen molar-refractivity contribution in [3.05, 3.63) is 47.2 Å². The number of nitrogens with zero attached hydrogens (tertiary/aromatic N) is 2. The Morgan fingerprint density at radius 2 is 2.00 bits per heavy atom. The van der Waals surface area contributed by atoms with Gasteiger partial charge in [0.2, 0.25) is 0 Å². The molecule has 0 bridgehead atoms. The summed E-state index contributed by atoms with van der Waals surface area (Å²) in [6, 6.07) is 5.30. The number of benzene rings is 1. The van der Waals surface area contributed by atoms with Gasteiger partial charge in [-0.05, 0) is 12.1 Å². The summed E-state index contributed by atoms with van der Waals surface area (Å²) >= 11 is 12.2. The fourth-order valence-electron chi connectivity index (χ4n) is 1.59. The first kappa shape index (κ1) is 12.0. The van der Waals surface area contributed by atoms with E-state index in [1.807, 2.05) is 0 Å². The molecule has 0 unspecified atom stereocenters. The average Bonchev–Trinajstić information content (AvgIpc) is 2.62. The number of allylic oxidation sites excluding steroid dienone is 1. The molecule has 0 aliphatic rings. The molecule has 1 aromatic heterocycles. The van der Waals surface area contributed by atoms with Crippen LogP contribution in [-0.4, -0.2) is 9.55 Å². The van der Waals surface area contributed by atoms with Crippen molar-refractivity contribution in [3.8, 4) is 11.3 Å². The van der Waals surface area contributed by atoms with Crippen molar-refractivity contribution < 1.29 is 0 Å². The van der Waals surface area contributed by atoms with E-state index in [2.05, 4.69) is 11.6 Å². The lowest BCUT2D eigenvalue weighted by molar-refractivity contribution is 0.833. The number of nitrogen functional groups attached to an aromatic ring is 1. The molecule has 2 N–H and O–H groups in total. The van der Waals surface area contributed by atoms with Gasteiger partial charge in [0.05, 0.1) is 16.4 Å². The molecule has 0 saturated carbocycles. The number of hydrogen-bond acceptors (Lipinski definition) is 2. The first-order valence-corrected chi connectivity index (χ1v) is 5.76. The zero-order valence-electron chi connectivity index (χ0n) is 9.03. The van der Waals surface area contributed by atoms with Crippen molar-refractivity contribution in [2.45, 2.75) is 6.54 Å². The van der Waals surface area contributed by atoms with E-state index < -0.39 is 0 Å². The van der Waals surface area contributed by atoms with Gasteiger partial charge in [0.1, 0.15) is 11.5 Å². The van der Waals surface area contributed by atoms with Gasteiger partial charge in [0.25, 0.3) is 0 Å². The molecule has 0 aliphatic heterocycles. The topological polar surface area (TPSA) is 43.8 Å². The maximum atomic E-state index is 6.11. The van der Waals surface area contributed by atoms with E-state index in [0.29, 0.717) is 33.7 Å². The Labute approximate surface area is 109 Å². The van der Waals surface area contributed by atoms with Gasteiger partial charge in [0.15, 0.2) is 0 Å². The zero-order chi connectivity index (χ0) is 12.4. The monoisotopic (exact) mass is 267 g/mol. The first-order valence-electron chi connectivity index (χ1n) is 5.01. The van der Waals surface area contributed by atoms with E-state index in [9.17, 15) is 0 Å². The van der Waals surface area contributed by atoms with Crippen LogP contribution in [-0.2, 0) is 6.54 Å². The van der Waals surface area contributed by atoms with Crippen molar-refractivity contribution in [2.24, 2.45) is 0 Å². The summed E-state index contributed by atoms with van der Waals surface area (Å²) in [4.78, 5) is 4.25. The molecule has 2 aromatic rings. The molecular weight excluding hydrogens is 257 g/mol. The minimum Gasteiger partial charge on any atom is -0.383 e. The fourth-order valence-corrected chi connectivity index (χ4v) is 2.17. The molecule has 0 atom stereocenters. The van der Waals surface area contributed by atoms with Gasteiger partial charge in [-0.15, -0.1) is 6.58 Å². The van der Waals surface area contributed by atoms with Gasteiger partial charge >= 0.3 is 0 Å². The van der Waals surface area contributed by atoms with Crippen LogP contribution in [0.5, 0.6) is 0 Å². The third-order valence-corrected chi connectivity index (χ3v) is 3.03. The standard InChI is InChI=1S/C12H11Cl2N3/c1-2-6-17-7-16-11(12(17)15)10-8(13)4-3-5-9(10)14/h2-5,7H,1,6,15H2. The average molecular weight is 268 g/mol. The van der Waals surface area contributed by atoms with Gasteiger partial charge in [-0.25, -0.2) is 4.98 Å². The molecule has 1 heterocycles. The second-order valence-corrected chi connectivity index (χ2v) is 4.33. The van der Waals surface area contributed by atoms with Crippen molar-refractivity contribution >= 4 is 29.0 Å². The van der Waals surface area contributed by atoms with Crippen molar-refractivity contribution in [1.29, 1.82) is 0 Å². The highest BCUT2D eigenvalue weighted by Gasteiger charge is 2.15. The Morgan fingerprint density at radius 1 is 1.35 bits per heavy atom. The molecule has 0 aliphatic carbocycles. The predicted molar refractivity (Wildman–Crippen MR) is 72.3 cm³/mol. The molecule has 17 heavy (non-hydrogen) atoms. The minimum atomic E-state index is 0.528. The maximum Gasteiger partial charge on any atom is 0.131 e. The van der Waals surface area contributed by atoms with Crippen LogP contribution >= 0.6 is 23.2 Å². The van der Waals surface area contributed by atoms with Crippen LogP contribution in [0, 0.1) is 0 Å². The molecule has 2 rings (SSSR count). The third kappa shape index (κ3) is 2.16. The smallest absolute Gasteiger partial charge is 0.131 e. The van der Waals surface area contributed by atoms with E-state index >= 15 is 0 Å². The Kier molecular flexibility index (Phi) is 3.41. The summed E-state index contributed by atoms with van der Waals surface area (Å²) < 4.78 is 1.78. The van der Waals surface area contributed by atoms with Crippen molar-refractivity contribution in [1.82, 2.24) is 9.55 Å². The largest absolute Gasteiger partial charge is 0.383 e. The SMILES string of the molecule is C=CCn1cnc(-c2c(Cl)cccc2Cl)c1N. The highest BCUT2D eigenvalue weighted by atomic mass is 35.5. The molecule has 3 nitrogen and oxygen atoms in total. The van der Waals surface area contributed by atoms with E-state index in [0.717, 1.165) is 0 Å². The number of imidazole rings is 1. The second kappa shape index (κ2) is 4.82. The number of nitrogens with two attached hydrogens (primary N) is 1. The molecule has 1 aromatic carbocycles. The molecule has 88 valence electrons. The number of aromatic nitrogens is 2. The van der Waals surface area contributed by atoms with Crippen LogP contribution in [0.15, 0.2) is 37.2 Å². The highest BCUT2D eigenvalue weighted by molar-refractivity contribution is 6.39. The maximum absolute atomic E-state index is 6.11. The van der Waals surface area contributed by atoms with Gasteiger partial charge in [-0.3, -0.25) is 0 Å². The molecule has 0 spiro atoms. The number of halogens is 2. The summed E-state index contributed by atoms with van der Waals surface area (Å²) in [5.41, 5.74) is 7.26. The molecular formula is C12H11Cl2N3. The molecule has 0 saturated heterocycles. The molecule has 0 fully saturated rings. The van der Waals surface area contributed by atoms with Gasteiger partial charge in [-0.2, -0.15) is 0 Å². The predicted octanol–water partition coefficient (Wildman–Crippen LogP) is 3.63. The molecule has 5 heteroatoms. The zero-order valence-corrected chi connectivity index (χ0v) is 10.5. The Morgan fingerprint density at radius 3 is 2.59 bits per heavy atom. The third-order valence-electron chi connectivity index (χ3n) is 2.40. The van der Waals surface area contributed by atoms with Crippen LogP contribution in [0.2, 0.25) is 10.0 Å². The minimum absolute atomic E-state index is 0.528. The van der Waals surface area contributed by atoms with Crippen LogP contribution in [0.25, 0.3) is 11.3 Å². The second-order valence-electron chi connectivity index (χ2n) is 3.52. The summed E-state index contributed by atoms with van der Waals surface area (Å²) in [5, 5.41) is 1.07. The van der Waals surface area contributed by atoms with Crippen molar-refractivity contribution in [3.63, 3.8) is 0 Å². The van der Waals surface area contributed by atoms with E-state index in [1.54, 1.807) is 35.2 Å². The van der Waals surface area contributed by atoms with E-state index in [-0.39, 0.29) is 0 Å². The van der Waals surface area contributed by atoms with Crippen LogP contribution < -0.4 is 5.73 Å². The van der Waals surface area contributed by atoms with E-state index in [4.69, 9.17) is 28.9 Å². The Hall–Kier alpha value is -1.45. The van der Waals surface area contributed by atoms with Crippen LogP contribution in [0.3, 0.4) is 0 Å². The molecule has 0 amide bonds. The number of hydrogen-bond donors (Lipinski definition) is 1. The summed E-state index contributed by atoms with van der Waals surface area (Å²) in [6.07, 6.45) is 3.39. The van der Waals surface area contributed by atoms with E-state index in [1.165, 1.54) is 0 Å². The van der Waals surface area contributed by atoms with Gasteiger partial charge in [0, 0.05) is 12.1 Å². The van der Waals surface area contributed by atoms with Gasteiger partial charge in [-0.1, -0.05) is 35.3 Å². The fraction of sp³-hybridized carbons (Fsp3) is 0.0833. The first-order chi connectivity index (χ1) is 8.15. The number of anilines is 1. The van der Waals surface area contributed by atoms with Crippen molar-refractivity contribution in [2.75, 3.05) is 5.73 Å². The summed E-state index contributed by atoms with van der Waals surface area (Å²) in [6.45, 7) is 4.26.